The van der Waals surface area contributed by atoms with Gasteiger partial charge in [0, 0.05) is 0 Å². The Morgan fingerprint density at radius 3 is 2.44 bits per heavy atom. The van der Waals surface area contributed by atoms with E-state index in [9.17, 15) is 9.59 Å². The molecule has 0 aromatic carbocycles. The van der Waals surface area contributed by atoms with E-state index in [1.807, 2.05) is 0 Å². The van der Waals surface area contributed by atoms with E-state index in [-0.39, 0.29) is 0 Å². The molecule has 5 nitrogen and oxygen atoms in total. The summed E-state index contributed by atoms with van der Waals surface area (Å²) in [5.41, 5.74) is -0.662. The molecule has 0 spiro atoms. The number of hydrogen-bond acceptors (Lipinski definition) is 4. The highest BCUT2D eigenvalue weighted by molar-refractivity contribution is 7.14. The molecule has 6 heteroatoms. The fourth-order valence-electron chi connectivity index (χ4n) is 1.27. The smallest absolute Gasteiger partial charge is 0.416 e. The highest BCUT2D eigenvalue weighted by Gasteiger charge is 2.31. The average molecular weight is 271 g/mol. The summed E-state index contributed by atoms with van der Waals surface area (Å²) in [6.45, 7) is 6.67. The first-order valence-electron chi connectivity index (χ1n) is 5.51. The van der Waals surface area contributed by atoms with Crippen molar-refractivity contribution in [1.29, 1.82) is 0 Å². The highest BCUT2D eigenvalue weighted by atomic mass is 32.1. The maximum atomic E-state index is 12.1. The van der Waals surface area contributed by atoms with Crippen molar-refractivity contribution < 1.29 is 19.4 Å². The van der Waals surface area contributed by atoms with Gasteiger partial charge in [0.2, 0.25) is 0 Å². The van der Waals surface area contributed by atoms with E-state index in [4.69, 9.17) is 9.84 Å². The van der Waals surface area contributed by atoms with E-state index in [0.29, 0.717) is 5.00 Å². The highest BCUT2D eigenvalue weighted by Crippen LogP contribution is 2.25. The van der Waals surface area contributed by atoms with Crippen LogP contribution in [0.1, 0.15) is 27.7 Å². The van der Waals surface area contributed by atoms with Crippen molar-refractivity contribution in [2.45, 2.75) is 39.3 Å². The number of carbonyl (C=O) groups excluding carboxylic acids is 1. The monoisotopic (exact) mass is 271 g/mol. The Morgan fingerprint density at radius 1 is 1.44 bits per heavy atom. The molecule has 1 heterocycles. The number of thiophene rings is 1. The summed E-state index contributed by atoms with van der Waals surface area (Å²) in [6, 6.07) is 2.47. The van der Waals surface area contributed by atoms with E-state index in [1.54, 1.807) is 38.3 Å². The van der Waals surface area contributed by atoms with Crippen molar-refractivity contribution in [3.05, 3.63) is 17.5 Å². The molecule has 0 aliphatic rings. The van der Waals surface area contributed by atoms with E-state index < -0.39 is 23.7 Å². The Morgan fingerprint density at radius 2 is 2.06 bits per heavy atom. The van der Waals surface area contributed by atoms with Gasteiger partial charge < -0.3 is 9.84 Å². The van der Waals surface area contributed by atoms with Gasteiger partial charge in [-0.1, -0.05) is 0 Å². The second-order valence-electron chi connectivity index (χ2n) is 4.82. The largest absolute Gasteiger partial charge is 0.480 e. The summed E-state index contributed by atoms with van der Waals surface area (Å²) in [4.78, 5) is 24.3. The Bertz CT molecular complexity index is 422. The summed E-state index contributed by atoms with van der Waals surface area (Å²) < 4.78 is 5.23. The number of rotatable bonds is 3. The first-order chi connectivity index (χ1) is 8.22. The van der Waals surface area contributed by atoms with Crippen LogP contribution in [0.3, 0.4) is 0 Å². The first kappa shape index (κ1) is 14.5. The minimum absolute atomic E-state index is 0.555. The van der Waals surface area contributed by atoms with Crippen molar-refractivity contribution in [3.8, 4) is 0 Å². The number of carbonyl (C=O) groups is 2. The van der Waals surface area contributed by atoms with Gasteiger partial charge in [-0.25, -0.2) is 9.59 Å². The van der Waals surface area contributed by atoms with Crippen LogP contribution < -0.4 is 4.90 Å². The van der Waals surface area contributed by atoms with Crippen molar-refractivity contribution in [2.75, 3.05) is 4.90 Å². The number of carboxylic acids is 1. The number of hydrogen-bond donors (Lipinski definition) is 1. The molecule has 0 bridgehead atoms. The minimum atomic E-state index is -1.07. The second kappa shape index (κ2) is 5.39. The minimum Gasteiger partial charge on any atom is -0.480 e. The van der Waals surface area contributed by atoms with Gasteiger partial charge in [-0.3, -0.25) is 4.90 Å². The molecule has 1 N–H and O–H groups in total. The Labute approximate surface area is 110 Å². The fraction of sp³-hybridized carbons (Fsp3) is 0.500. The first-order valence-corrected chi connectivity index (χ1v) is 6.39. The maximum absolute atomic E-state index is 12.1. The molecular weight excluding hydrogens is 254 g/mol. The molecule has 1 aromatic rings. The molecule has 0 fully saturated rings. The summed E-state index contributed by atoms with van der Waals surface area (Å²) in [5, 5.41) is 11.4. The zero-order valence-corrected chi connectivity index (χ0v) is 11.7. The van der Waals surface area contributed by atoms with Crippen LogP contribution in [0.4, 0.5) is 9.80 Å². The molecule has 1 amide bonds. The van der Waals surface area contributed by atoms with Crippen molar-refractivity contribution in [2.24, 2.45) is 0 Å². The van der Waals surface area contributed by atoms with Gasteiger partial charge in [0.05, 0.1) is 0 Å². The molecule has 1 rings (SSSR count). The van der Waals surface area contributed by atoms with Crippen molar-refractivity contribution >= 4 is 28.4 Å². The summed E-state index contributed by atoms with van der Waals surface area (Å²) in [6.07, 6.45) is -0.653. The third kappa shape index (κ3) is 3.73. The van der Waals surface area contributed by atoms with Crippen LogP contribution in [-0.4, -0.2) is 28.8 Å². The van der Waals surface area contributed by atoms with Gasteiger partial charge in [-0.2, -0.15) is 0 Å². The van der Waals surface area contributed by atoms with E-state index in [2.05, 4.69) is 0 Å². The molecule has 0 radical (unpaired) electrons. The van der Waals surface area contributed by atoms with Crippen molar-refractivity contribution in [3.63, 3.8) is 0 Å². The summed E-state index contributed by atoms with van der Waals surface area (Å²) in [7, 11) is 0. The predicted octanol–water partition coefficient (Wildman–Crippen LogP) is 2.96. The summed E-state index contributed by atoms with van der Waals surface area (Å²) in [5.74, 6) is -1.07. The van der Waals surface area contributed by atoms with Crippen LogP contribution >= 0.6 is 11.3 Å². The molecule has 1 aromatic heterocycles. The fourth-order valence-corrected chi connectivity index (χ4v) is 2.07. The Hall–Kier alpha value is -1.56. The molecule has 18 heavy (non-hydrogen) atoms. The Kier molecular flexibility index (Phi) is 4.34. The van der Waals surface area contributed by atoms with Crippen LogP contribution in [0.2, 0.25) is 0 Å². The molecule has 0 saturated heterocycles. The number of ether oxygens (including phenoxy) is 1. The third-order valence-corrected chi connectivity index (χ3v) is 2.95. The lowest BCUT2D eigenvalue weighted by Gasteiger charge is -2.28. The van der Waals surface area contributed by atoms with Gasteiger partial charge in [-0.05, 0) is 45.2 Å². The van der Waals surface area contributed by atoms with Crippen molar-refractivity contribution in [1.82, 2.24) is 0 Å². The number of amides is 1. The van der Waals surface area contributed by atoms with Gasteiger partial charge in [0.15, 0.2) is 0 Å². The lowest BCUT2D eigenvalue weighted by atomic mass is 10.2. The molecule has 0 aliphatic carbocycles. The lowest BCUT2D eigenvalue weighted by molar-refractivity contribution is -0.138. The van der Waals surface area contributed by atoms with E-state index >= 15 is 0 Å². The van der Waals surface area contributed by atoms with Gasteiger partial charge in [0.1, 0.15) is 16.6 Å². The summed E-state index contributed by atoms with van der Waals surface area (Å²) >= 11 is 1.29. The van der Waals surface area contributed by atoms with Crippen LogP contribution in [0.25, 0.3) is 0 Å². The second-order valence-corrected chi connectivity index (χ2v) is 5.74. The van der Waals surface area contributed by atoms with Gasteiger partial charge in [0.25, 0.3) is 0 Å². The maximum Gasteiger partial charge on any atom is 0.416 e. The molecule has 100 valence electrons. The quantitative estimate of drug-likeness (QED) is 0.917. The van der Waals surface area contributed by atoms with Gasteiger partial charge in [-0.15, -0.1) is 11.3 Å². The molecule has 1 atom stereocenters. The standard InChI is InChI=1S/C12H17NO4S/c1-8(10(14)15)13(9-6-5-7-18-9)11(16)17-12(2,3)4/h5-8H,1-4H3,(H,14,15)/t8-/m1/s1. The van der Waals surface area contributed by atoms with Gasteiger partial charge >= 0.3 is 12.1 Å². The molecule has 0 saturated carbocycles. The number of anilines is 1. The number of aliphatic carboxylic acids is 1. The zero-order valence-electron chi connectivity index (χ0n) is 10.8. The van der Waals surface area contributed by atoms with Crippen LogP contribution in [-0.2, 0) is 9.53 Å². The normalized spacial score (nSPS) is 12.9. The third-order valence-electron chi connectivity index (χ3n) is 2.08. The number of nitrogens with zero attached hydrogens (tertiary/aromatic N) is 1. The Balaban J connectivity index is 2.99. The van der Waals surface area contributed by atoms with E-state index in [0.717, 1.165) is 4.90 Å². The lowest BCUT2D eigenvalue weighted by Crippen LogP contribution is -2.45. The van der Waals surface area contributed by atoms with E-state index in [1.165, 1.54) is 18.3 Å². The molecular formula is C12H17NO4S. The zero-order chi connectivity index (χ0) is 13.9. The van der Waals surface area contributed by atoms with Crippen LogP contribution in [0.5, 0.6) is 0 Å². The SMILES string of the molecule is C[C@H](C(=O)O)N(C(=O)OC(C)(C)C)c1cccs1. The molecule has 0 unspecified atom stereocenters. The number of carboxylic acid groups (broad SMARTS) is 1. The average Bonchev–Trinajstić information content (AvgIpc) is 2.67. The molecule has 0 aliphatic heterocycles. The topological polar surface area (TPSA) is 66.8 Å². The predicted molar refractivity (Wildman–Crippen MR) is 70.1 cm³/mol. The van der Waals surface area contributed by atoms with Crippen LogP contribution in [0.15, 0.2) is 17.5 Å². The van der Waals surface area contributed by atoms with Crippen LogP contribution in [0, 0.1) is 0 Å².